The fourth-order valence-corrected chi connectivity index (χ4v) is 4.52. The van der Waals surface area contributed by atoms with Crippen LogP contribution in [-0.2, 0) is 9.59 Å². The van der Waals surface area contributed by atoms with E-state index in [0.717, 1.165) is 56.2 Å². The zero-order chi connectivity index (χ0) is 23.2. The summed E-state index contributed by atoms with van der Waals surface area (Å²) in [5.74, 6) is 0.0114. The molecule has 7 nitrogen and oxygen atoms in total. The molecule has 2 aromatic carbocycles. The number of aryl methyl sites for hydroxylation is 1. The minimum atomic E-state index is 0.00466. The monoisotopic (exact) mass is 449 g/mol. The number of carbonyl (C=O) groups excluding carboxylic acids is 2. The molecule has 0 spiro atoms. The molecule has 4 rings (SSSR count). The molecule has 0 aromatic heterocycles. The smallest absolute Gasteiger partial charge is 0.238 e. The zero-order valence-electron chi connectivity index (χ0n) is 19.8. The number of anilines is 3. The first-order chi connectivity index (χ1) is 16.0. The average Bonchev–Trinajstić information content (AvgIpc) is 3.34. The van der Waals surface area contributed by atoms with Gasteiger partial charge in [-0.2, -0.15) is 0 Å². The maximum Gasteiger partial charge on any atom is 0.238 e. The molecular weight excluding hydrogens is 414 g/mol. The van der Waals surface area contributed by atoms with Crippen molar-refractivity contribution in [1.82, 2.24) is 9.80 Å². The standard InChI is InChI=1S/C26H35N5O2/c1-20-6-5-7-24(21(20)2)28-26(33)19-30-16-14-29(15-17-30)18-25(32)27-22-8-10-23(11-9-22)31-12-3-4-13-31/h5-11H,3-4,12-19H2,1-2H3,(H,27,32)(H,28,33). The van der Waals surface area contributed by atoms with E-state index < -0.39 is 0 Å². The highest BCUT2D eigenvalue weighted by atomic mass is 16.2. The summed E-state index contributed by atoms with van der Waals surface area (Å²) in [6, 6.07) is 14.1. The third-order valence-corrected chi connectivity index (χ3v) is 6.70. The molecule has 0 atom stereocenters. The number of carbonyl (C=O) groups is 2. The van der Waals surface area contributed by atoms with Gasteiger partial charge < -0.3 is 15.5 Å². The van der Waals surface area contributed by atoms with Gasteiger partial charge in [-0.1, -0.05) is 12.1 Å². The Balaban J connectivity index is 1.18. The highest BCUT2D eigenvalue weighted by Gasteiger charge is 2.21. The SMILES string of the molecule is Cc1cccc(NC(=O)CN2CCN(CC(=O)Nc3ccc(N4CCCC4)cc3)CC2)c1C. The average molecular weight is 450 g/mol. The minimum Gasteiger partial charge on any atom is -0.372 e. The first-order valence-electron chi connectivity index (χ1n) is 11.9. The second-order valence-electron chi connectivity index (χ2n) is 9.14. The topological polar surface area (TPSA) is 67.9 Å². The Labute approximate surface area is 196 Å². The molecule has 0 aliphatic carbocycles. The molecule has 2 amide bonds. The lowest BCUT2D eigenvalue weighted by atomic mass is 10.1. The van der Waals surface area contributed by atoms with Gasteiger partial charge in [0.2, 0.25) is 11.8 Å². The Morgan fingerprint density at radius 3 is 1.94 bits per heavy atom. The van der Waals surface area contributed by atoms with E-state index >= 15 is 0 Å². The van der Waals surface area contributed by atoms with Crippen molar-refractivity contribution in [3.05, 3.63) is 53.6 Å². The molecule has 2 aliphatic rings. The predicted molar refractivity (Wildman–Crippen MR) is 134 cm³/mol. The molecule has 0 unspecified atom stereocenters. The molecule has 0 radical (unpaired) electrons. The van der Waals surface area contributed by atoms with Crippen LogP contribution >= 0.6 is 0 Å². The van der Waals surface area contributed by atoms with Gasteiger partial charge in [0.05, 0.1) is 13.1 Å². The number of amides is 2. The van der Waals surface area contributed by atoms with Gasteiger partial charge in [0.25, 0.3) is 0 Å². The molecule has 2 heterocycles. The molecule has 2 N–H and O–H groups in total. The maximum atomic E-state index is 12.5. The van der Waals surface area contributed by atoms with Crippen LogP contribution < -0.4 is 15.5 Å². The highest BCUT2D eigenvalue weighted by Crippen LogP contribution is 2.22. The second-order valence-corrected chi connectivity index (χ2v) is 9.14. The number of nitrogens with zero attached hydrogens (tertiary/aromatic N) is 3. The van der Waals surface area contributed by atoms with Crippen molar-refractivity contribution in [3.8, 4) is 0 Å². The summed E-state index contributed by atoms with van der Waals surface area (Å²) in [5.41, 5.74) is 5.21. The van der Waals surface area contributed by atoms with Gasteiger partial charge in [0.1, 0.15) is 0 Å². The predicted octanol–water partition coefficient (Wildman–Crippen LogP) is 3.10. The summed E-state index contributed by atoms with van der Waals surface area (Å²) in [7, 11) is 0. The van der Waals surface area contributed by atoms with Crippen LogP contribution in [0.3, 0.4) is 0 Å². The fraction of sp³-hybridized carbons (Fsp3) is 0.462. The summed E-state index contributed by atoms with van der Waals surface area (Å²) in [5, 5.41) is 6.04. The third kappa shape index (κ3) is 6.33. The van der Waals surface area contributed by atoms with E-state index in [4.69, 9.17) is 0 Å². The number of piperazine rings is 1. The van der Waals surface area contributed by atoms with E-state index in [1.807, 2.05) is 44.2 Å². The van der Waals surface area contributed by atoms with Crippen molar-refractivity contribution in [2.45, 2.75) is 26.7 Å². The van der Waals surface area contributed by atoms with Gasteiger partial charge in [-0.15, -0.1) is 0 Å². The Morgan fingerprint density at radius 1 is 0.758 bits per heavy atom. The van der Waals surface area contributed by atoms with E-state index in [-0.39, 0.29) is 11.8 Å². The van der Waals surface area contributed by atoms with Crippen LogP contribution in [0.25, 0.3) is 0 Å². The summed E-state index contributed by atoms with van der Waals surface area (Å²) in [6.07, 6.45) is 2.51. The van der Waals surface area contributed by atoms with Crippen molar-refractivity contribution >= 4 is 28.9 Å². The van der Waals surface area contributed by atoms with Gasteiger partial charge in [0, 0.05) is 56.3 Å². The highest BCUT2D eigenvalue weighted by molar-refractivity contribution is 5.93. The lowest BCUT2D eigenvalue weighted by Crippen LogP contribution is -2.50. The Morgan fingerprint density at radius 2 is 1.33 bits per heavy atom. The summed E-state index contributed by atoms with van der Waals surface area (Å²) in [6.45, 7) is 10.1. The van der Waals surface area contributed by atoms with E-state index in [0.29, 0.717) is 13.1 Å². The van der Waals surface area contributed by atoms with Crippen LogP contribution in [0.2, 0.25) is 0 Å². The van der Waals surface area contributed by atoms with Gasteiger partial charge in [-0.3, -0.25) is 19.4 Å². The number of hydrogen-bond donors (Lipinski definition) is 2. The van der Waals surface area contributed by atoms with Crippen LogP contribution in [0.4, 0.5) is 17.1 Å². The first kappa shape index (κ1) is 23.3. The molecular formula is C26H35N5O2. The number of hydrogen-bond acceptors (Lipinski definition) is 5. The largest absolute Gasteiger partial charge is 0.372 e. The van der Waals surface area contributed by atoms with Crippen LogP contribution in [-0.4, -0.2) is 74.0 Å². The van der Waals surface area contributed by atoms with E-state index in [2.05, 4.69) is 37.5 Å². The Hall–Kier alpha value is -2.90. The van der Waals surface area contributed by atoms with Gasteiger partial charge >= 0.3 is 0 Å². The lowest BCUT2D eigenvalue weighted by Gasteiger charge is -2.33. The zero-order valence-corrected chi connectivity index (χ0v) is 19.8. The molecule has 0 saturated carbocycles. The van der Waals surface area contributed by atoms with Crippen LogP contribution in [0.1, 0.15) is 24.0 Å². The van der Waals surface area contributed by atoms with Crippen molar-refractivity contribution in [3.63, 3.8) is 0 Å². The summed E-state index contributed by atoms with van der Waals surface area (Å²) in [4.78, 5) is 31.7. The molecule has 0 bridgehead atoms. The van der Waals surface area contributed by atoms with Crippen molar-refractivity contribution in [2.24, 2.45) is 0 Å². The van der Waals surface area contributed by atoms with Crippen molar-refractivity contribution in [1.29, 1.82) is 0 Å². The number of rotatable bonds is 7. The molecule has 2 aromatic rings. The Bertz CT molecular complexity index is 961. The molecule has 7 heteroatoms. The molecule has 2 aliphatic heterocycles. The van der Waals surface area contributed by atoms with Gasteiger partial charge in [0.15, 0.2) is 0 Å². The van der Waals surface area contributed by atoms with E-state index in [9.17, 15) is 9.59 Å². The maximum absolute atomic E-state index is 12.5. The van der Waals surface area contributed by atoms with Crippen LogP contribution in [0, 0.1) is 13.8 Å². The van der Waals surface area contributed by atoms with Gasteiger partial charge in [-0.25, -0.2) is 0 Å². The minimum absolute atomic E-state index is 0.00466. The van der Waals surface area contributed by atoms with Crippen LogP contribution in [0.5, 0.6) is 0 Å². The number of benzene rings is 2. The molecule has 176 valence electrons. The third-order valence-electron chi connectivity index (χ3n) is 6.70. The lowest BCUT2D eigenvalue weighted by molar-refractivity contribution is -0.120. The Kier molecular flexibility index (Phi) is 7.62. The van der Waals surface area contributed by atoms with Gasteiger partial charge in [-0.05, 0) is 68.1 Å². The quantitative estimate of drug-likeness (QED) is 0.680. The molecule has 2 fully saturated rings. The van der Waals surface area contributed by atoms with E-state index in [1.165, 1.54) is 24.1 Å². The second kappa shape index (κ2) is 10.8. The van der Waals surface area contributed by atoms with E-state index in [1.54, 1.807) is 0 Å². The van der Waals surface area contributed by atoms with Crippen molar-refractivity contribution in [2.75, 3.05) is 67.9 Å². The first-order valence-corrected chi connectivity index (χ1v) is 11.9. The molecule has 2 saturated heterocycles. The number of nitrogens with one attached hydrogen (secondary N) is 2. The normalized spacial score (nSPS) is 17.2. The molecule has 33 heavy (non-hydrogen) atoms. The van der Waals surface area contributed by atoms with Crippen LogP contribution in [0.15, 0.2) is 42.5 Å². The van der Waals surface area contributed by atoms with Crippen molar-refractivity contribution < 1.29 is 9.59 Å². The summed E-state index contributed by atoms with van der Waals surface area (Å²) < 4.78 is 0. The summed E-state index contributed by atoms with van der Waals surface area (Å²) >= 11 is 0. The fourth-order valence-electron chi connectivity index (χ4n) is 4.52.